The molecule has 0 saturated heterocycles. The molecule has 0 amide bonds. The molecular formula is C15H13BrClNO2S. The largest absolute Gasteiger partial charge is 0.243 e. The van der Waals surface area contributed by atoms with Gasteiger partial charge in [0.2, 0.25) is 10.0 Å². The Morgan fingerprint density at radius 2 is 1.81 bits per heavy atom. The van der Waals surface area contributed by atoms with E-state index in [2.05, 4.69) is 22.0 Å². The highest BCUT2D eigenvalue weighted by Gasteiger charge is 2.28. The van der Waals surface area contributed by atoms with Crippen molar-refractivity contribution >= 4 is 37.6 Å². The van der Waals surface area contributed by atoms with Crippen molar-refractivity contribution < 1.29 is 8.42 Å². The van der Waals surface area contributed by atoms with Gasteiger partial charge in [0.25, 0.3) is 0 Å². The summed E-state index contributed by atoms with van der Waals surface area (Å²) in [4.78, 5) is 0.262. The van der Waals surface area contributed by atoms with E-state index in [9.17, 15) is 8.42 Å². The van der Waals surface area contributed by atoms with Crippen LogP contribution in [0.25, 0.3) is 0 Å². The fraction of sp³-hybridized carbons (Fsp3) is 0.200. The van der Waals surface area contributed by atoms with E-state index in [1.54, 1.807) is 18.2 Å². The molecule has 2 aromatic carbocycles. The Bertz CT molecular complexity index is 792. The molecular weight excluding hydrogens is 374 g/mol. The average molecular weight is 387 g/mol. The zero-order valence-electron chi connectivity index (χ0n) is 11.1. The van der Waals surface area contributed by atoms with Gasteiger partial charge in [0.1, 0.15) is 0 Å². The fourth-order valence-corrected chi connectivity index (χ4v) is 4.55. The molecule has 1 heterocycles. The third-order valence-electron chi connectivity index (χ3n) is 3.62. The van der Waals surface area contributed by atoms with Crippen LogP contribution in [0.15, 0.2) is 51.8 Å². The van der Waals surface area contributed by atoms with Crippen molar-refractivity contribution in [1.29, 1.82) is 0 Å². The van der Waals surface area contributed by atoms with E-state index < -0.39 is 10.0 Å². The Balaban J connectivity index is 1.95. The summed E-state index contributed by atoms with van der Waals surface area (Å²) in [6, 6.07) is 12.7. The number of benzene rings is 2. The third kappa shape index (κ3) is 2.88. The Labute approximate surface area is 137 Å². The molecule has 0 bridgehead atoms. The van der Waals surface area contributed by atoms with Crippen molar-refractivity contribution in [2.75, 3.05) is 6.54 Å². The molecule has 0 N–H and O–H groups in total. The molecule has 3 nitrogen and oxygen atoms in total. The lowest BCUT2D eigenvalue weighted by atomic mass is 10.0. The van der Waals surface area contributed by atoms with Crippen LogP contribution in [0.1, 0.15) is 11.1 Å². The van der Waals surface area contributed by atoms with E-state index >= 15 is 0 Å². The Morgan fingerprint density at radius 3 is 2.52 bits per heavy atom. The number of nitrogens with zero attached hydrogens (tertiary/aromatic N) is 1. The van der Waals surface area contributed by atoms with Crippen LogP contribution in [-0.4, -0.2) is 19.3 Å². The molecule has 6 heteroatoms. The summed E-state index contributed by atoms with van der Waals surface area (Å²) in [5.74, 6) is 0. The van der Waals surface area contributed by atoms with Crippen molar-refractivity contribution in [2.45, 2.75) is 17.9 Å². The van der Waals surface area contributed by atoms with E-state index in [-0.39, 0.29) is 4.90 Å². The first-order valence-electron chi connectivity index (χ1n) is 6.50. The van der Waals surface area contributed by atoms with Gasteiger partial charge in [-0.25, -0.2) is 8.42 Å². The summed E-state index contributed by atoms with van der Waals surface area (Å²) >= 11 is 9.20. The Hall–Kier alpha value is -0.880. The maximum absolute atomic E-state index is 12.7. The number of hydrogen-bond acceptors (Lipinski definition) is 2. The molecule has 0 aromatic heterocycles. The smallest absolute Gasteiger partial charge is 0.207 e. The first-order valence-corrected chi connectivity index (χ1v) is 9.11. The van der Waals surface area contributed by atoms with Gasteiger partial charge in [0.15, 0.2) is 0 Å². The predicted octanol–water partition coefficient (Wildman–Crippen LogP) is 3.85. The van der Waals surface area contributed by atoms with Gasteiger partial charge in [-0.05, 0) is 51.7 Å². The molecule has 1 aliphatic rings. The average Bonchev–Trinajstić information content (AvgIpc) is 2.49. The number of fused-ring (bicyclic) bond motifs is 1. The molecule has 0 unspecified atom stereocenters. The molecule has 0 spiro atoms. The number of hydrogen-bond donors (Lipinski definition) is 0. The molecule has 0 fully saturated rings. The second kappa shape index (κ2) is 5.72. The van der Waals surface area contributed by atoms with Crippen LogP contribution in [0.5, 0.6) is 0 Å². The standard InChI is InChI=1S/C15H13BrClNO2S/c16-14-9-13(5-6-15(14)17)21(19,20)18-8-7-11-3-1-2-4-12(11)10-18/h1-6,9H,7-8,10H2. The van der Waals surface area contributed by atoms with Gasteiger partial charge in [-0.2, -0.15) is 4.31 Å². The van der Waals surface area contributed by atoms with Gasteiger partial charge < -0.3 is 0 Å². The SMILES string of the molecule is O=S(=O)(c1ccc(Cl)c(Br)c1)N1CCc2ccccc2C1. The van der Waals surface area contributed by atoms with E-state index in [0.717, 1.165) is 12.0 Å². The lowest BCUT2D eigenvalue weighted by Crippen LogP contribution is -2.35. The summed E-state index contributed by atoms with van der Waals surface area (Å²) in [5, 5.41) is 0.498. The highest BCUT2D eigenvalue weighted by molar-refractivity contribution is 9.10. The van der Waals surface area contributed by atoms with Crippen molar-refractivity contribution in [3.8, 4) is 0 Å². The van der Waals surface area contributed by atoms with Crippen LogP contribution in [0, 0.1) is 0 Å². The quantitative estimate of drug-likeness (QED) is 0.786. The first-order chi connectivity index (χ1) is 9.98. The van der Waals surface area contributed by atoms with Crippen LogP contribution < -0.4 is 0 Å². The predicted molar refractivity (Wildman–Crippen MR) is 86.9 cm³/mol. The van der Waals surface area contributed by atoms with Crippen molar-refractivity contribution in [2.24, 2.45) is 0 Å². The molecule has 3 rings (SSSR count). The van der Waals surface area contributed by atoms with Crippen molar-refractivity contribution in [3.05, 3.63) is 63.1 Å². The molecule has 0 radical (unpaired) electrons. The maximum atomic E-state index is 12.7. The van der Waals surface area contributed by atoms with Crippen LogP contribution in [0.2, 0.25) is 5.02 Å². The van der Waals surface area contributed by atoms with Crippen LogP contribution in [-0.2, 0) is 23.0 Å². The summed E-state index contributed by atoms with van der Waals surface area (Å²) < 4.78 is 27.5. The summed E-state index contributed by atoms with van der Waals surface area (Å²) in [7, 11) is -3.50. The second-order valence-corrected chi connectivity index (χ2v) is 8.13. The Morgan fingerprint density at radius 1 is 1.10 bits per heavy atom. The highest BCUT2D eigenvalue weighted by atomic mass is 79.9. The van der Waals surface area contributed by atoms with E-state index in [0.29, 0.717) is 22.6 Å². The van der Waals surface area contributed by atoms with Gasteiger partial charge in [0, 0.05) is 17.6 Å². The van der Waals surface area contributed by atoms with E-state index in [4.69, 9.17) is 11.6 Å². The van der Waals surface area contributed by atoms with Gasteiger partial charge in [-0.3, -0.25) is 0 Å². The van der Waals surface area contributed by atoms with Gasteiger partial charge in [-0.1, -0.05) is 35.9 Å². The van der Waals surface area contributed by atoms with Crippen molar-refractivity contribution in [3.63, 3.8) is 0 Å². The third-order valence-corrected chi connectivity index (χ3v) is 6.68. The fourth-order valence-electron chi connectivity index (χ4n) is 2.46. The van der Waals surface area contributed by atoms with E-state index in [1.807, 2.05) is 18.2 Å². The van der Waals surface area contributed by atoms with Crippen LogP contribution in [0.3, 0.4) is 0 Å². The second-order valence-electron chi connectivity index (χ2n) is 4.93. The monoisotopic (exact) mass is 385 g/mol. The van der Waals surface area contributed by atoms with Crippen LogP contribution in [0.4, 0.5) is 0 Å². The summed E-state index contributed by atoms with van der Waals surface area (Å²) in [5.41, 5.74) is 2.29. The minimum atomic E-state index is -3.50. The molecule has 0 saturated carbocycles. The lowest BCUT2D eigenvalue weighted by molar-refractivity contribution is 0.391. The van der Waals surface area contributed by atoms with Gasteiger partial charge in [0.05, 0.1) is 9.92 Å². The minimum Gasteiger partial charge on any atom is -0.207 e. The molecule has 0 aliphatic carbocycles. The number of halogens is 2. The minimum absolute atomic E-state index is 0.262. The zero-order valence-corrected chi connectivity index (χ0v) is 14.2. The van der Waals surface area contributed by atoms with Crippen molar-refractivity contribution in [1.82, 2.24) is 4.31 Å². The molecule has 21 heavy (non-hydrogen) atoms. The first kappa shape index (κ1) is 15.0. The molecule has 1 aliphatic heterocycles. The number of sulfonamides is 1. The summed E-state index contributed by atoms with van der Waals surface area (Å²) in [6.45, 7) is 0.915. The van der Waals surface area contributed by atoms with E-state index in [1.165, 1.54) is 9.87 Å². The molecule has 0 atom stereocenters. The normalized spacial score (nSPS) is 15.7. The number of rotatable bonds is 2. The zero-order chi connectivity index (χ0) is 15.0. The Kier molecular flexibility index (Phi) is 4.10. The molecule has 2 aromatic rings. The topological polar surface area (TPSA) is 37.4 Å². The van der Waals surface area contributed by atoms with Gasteiger partial charge in [-0.15, -0.1) is 0 Å². The lowest BCUT2D eigenvalue weighted by Gasteiger charge is -2.28. The summed E-state index contributed by atoms with van der Waals surface area (Å²) in [6.07, 6.45) is 0.740. The van der Waals surface area contributed by atoms with Gasteiger partial charge >= 0.3 is 0 Å². The maximum Gasteiger partial charge on any atom is 0.243 e. The molecule has 110 valence electrons. The van der Waals surface area contributed by atoms with Crippen LogP contribution >= 0.6 is 27.5 Å². The highest BCUT2D eigenvalue weighted by Crippen LogP contribution is 2.29.